The molecule has 0 spiro atoms. The Morgan fingerprint density at radius 3 is 2.41 bits per heavy atom. The van der Waals surface area contributed by atoms with Crippen LogP contribution in [0.2, 0.25) is 5.02 Å². The van der Waals surface area contributed by atoms with Crippen molar-refractivity contribution in [2.24, 2.45) is 4.99 Å². The first kappa shape index (κ1) is 25.3. The maximum atomic E-state index is 9.65. The fraction of sp³-hybridized carbons (Fsp3) is 0.480. The van der Waals surface area contributed by atoms with E-state index in [1.165, 1.54) is 29.5 Å². The van der Waals surface area contributed by atoms with Crippen molar-refractivity contribution in [2.45, 2.75) is 50.3 Å². The number of aliphatic hydroxyl groups excluding tert-OH is 1. The third-order valence-corrected chi connectivity index (χ3v) is 6.79. The summed E-state index contributed by atoms with van der Waals surface area (Å²) in [5.41, 5.74) is 4.03. The van der Waals surface area contributed by atoms with Crippen LogP contribution >= 0.6 is 35.6 Å². The van der Waals surface area contributed by atoms with Crippen molar-refractivity contribution in [3.8, 4) is 0 Å². The number of piperidine rings is 1. The van der Waals surface area contributed by atoms with Crippen molar-refractivity contribution in [1.82, 2.24) is 15.5 Å². The molecule has 0 bridgehead atoms. The highest BCUT2D eigenvalue weighted by atomic mass is 127. The largest absolute Gasteiger partial charge is 0.393 e. The van der Waals surface area contributed by atoms with Crippen LogP contribution in [-0.2, 0) is 18.5 Å². The number of halogens is 2. The molecular formula is C25H34ClIN4O. The predicted octanol–water partition coefficient (Wildman–Crippen LogP) is 4.31. The van der Waals surface area contributed by atoms with Gasteiger partial charge in [-0.3, -0.25) is 9.89 Å². The molecule has 2 fully saturated rings. The summed E-state index contributed by atoms with van der Waals surface area (Å²) >= 11 is 6.19. The van der Waals surface area contributed by atoms with Gasteiger partial charge in [0.05, 0.1) is 6.10 Å². The Balaban J connectivity index is 0.00000289. The van der Waals surface area contributed by atoms with Gasteiger partial charge in [0.25, 0.3) is 0 Å². The zero-order valence-electron chi connectivity index (χ0n) is 18.7. The van der Waals surface area contributed by atoms with Gasteiger partial charge in [-0.25, -0.2) is 0 Å². The first-order chi connectivity index (χ1) is 15.1. The molecule has 0 atom stereocenters. The summed E-state index contributed by atoms with van der Waals surface area (Å²) in [5, 5.41) is 17.4. The molecule has 0 amide bonds. The highest BCUT2D eigenvalue weighted by Gasteiger charge is 2.44. The lowest BCUT2D eigenvalue weighted by Gasteiger charge is -2.29. The number of rotatable bonds is 7. The van der Waals surface area contributed by atoms with E-state index < -0.39 is 0 Å². The van der Waals surface area contributed by atoms with Crippen molar-refractivity contribution in [3.63, 3.8) is 0 Å². The monoisotopic (exact) mass is 568 g/mol. The molecule has 0 radical (unpaired) electrons. The molecule has 1 heterocycles. The normalized spacial score (nSPS) is 18.7. The molecule has 0 aromatic heterocycles. The van der Waals surface area contributed by atoms with Crippen LogP contribution in [0.5, 0.6) is 0 Å². The smallest absolute Gasteiger partial charge is 0.191 e. The van der Waals surface area contributed by atoms with Crippen molar-refractivity contribution in [1.29, 1.82) is 0 Å². The van der Waals surface area contributed by atoms with Gasteiger partial charge in [0.2, 0.25) is 0 Å². The van der Waals surface area contributed by atoms with Crippen LogP contribution in [-0.4, -0.2) is 48.8 Å². The predicted molar refractivity (Wildman–Crippen MR) is 143 cm³/mol. The SMILES string of the molecule is CN=C(NCc1ccc(CN2CCC(O)CC2)cc1)NCC1(c2cccc(Cl)c2)CC1.I. The zero-order chi connectivity index (χ0) is 21.7. The molecule has 4 rings (SSSR count). The summed E-state index contributed by atoms with van der Waals surface area (Å²) in [5.74, 6) is 0.823. The minimum absolute atomic E-state index is 0. The Labute approximate surface area is 213 Å². The second kappa shape index (κ2) is 11.7. The van der Waals surface area contributed by atoms with E-state index in [2.05, 4.69) is 56.9 Å². The average molecular weight is 569 g/mol. The Kier molecular flexibility index (Phi) is 9.22. The van der Waals surface area contributed by atoms with Gasteiger partial charge in [0.1, 0.15) is 0 Å². The summed E-state index contributed by atoms with van der Waals surface area (Å²) in [6.07, 6.45) is 4.00. The Hall–Kier alpha value is -1.35. The molecule has 174 valence electrons. The van der Waals surface area contributed by atoms with Gasteiger partial charge in [-0.1, -0.05) is 48.0 Å². The molecule has 1 aliphatic heterocycles. The first-order valence-electron chi connectivity index (χ1n) is 11.3. The summed E-state index contributed by atoms with van der Waals surface area (Å²) in [4.78, 5) is 6.80. The van der Waals surface area contributed by atoms with Crippen LogP contribution < -0.4 is 10.6 Å². The summed E-state index contributed by atoms with van der Waals surface area (Å²) < 4.78 is 0. The molecule has 5 nitrogen and oxygen atoms in total. The molecule has 2 aromatic rings. The van der Waals surface area contributed by atoms with E-state index in [1.807, 2.05) is 19.2 Å². The minimum Gasteiger partial charge on any atom is -0.393 e. The van der Waals surface area contributed by atoms with Gasteiger partial charge in [-0.15, -0.1) is 24.0 Å². The van der Waals surface area contributed by atoms with E-state index >= 15 is 0 Å². The number of hydrogen-bond acceptors (Lipinski definition) is 3. The molecule has 7 heteroatoms. The summed E-state index contributed by atoms with van der Waals surface area (Å²) in [6, 6.07) is 17.0. The van der Waals surface area contributed by atoms with Gasteiger partial charge in [-0.05, 0) is 54.5 Å². The van der Waals surface area contributed by atoms with E-state index in [0.717, 1.165) is 56.5 Å². The second-order valence-electron chi connectivity index (χ2n) is 8.89. The Morgan fingerprint density at radius 2 is 1.78 bits per heavy atom. The second-order valence-corrected chi connectivity index (χ2v) is 9.33. The molecule has 1 saturated carbocycles. The number of likely N-dealkylation sites (tertiary alicyclic amines) is 1. The van der Waals surface area contributed by atoms with Crippen molar-refractivity contribution < 1.29 is 5.11 Å². The van der Waals surface area contributed by atoms with Crippen LogP contribution in [0.15, 0.2) is 53.5 Å². The topological polar surface area (TPSA) is 59.9 Å². The maximum absolute atomic E-state index is 9.65. The zero-order valence-corrected chi connectivity index (χ0v) is 21.8. The Bertz CT molecular complexity index is 893. The minimum atomic E-state index is -0.118. The van der Waals surface area contributed by atoms with Crippen LogP contribution in [0.1, 0.15) is 42.4 Å². The molecule has 0 unspecified atom stereocenters. The lowest BCUT2D eigenvalue weighted by atomic mass is 9.96. The first-order valence-corrected chi connectivity index (χ1v) is 11.6. The van der Waals surface area contributed by atoms with Crippen LogP contribution in [0.25, 0.3) is 0 Å². The standard InChI is InChI=1S/C25H33ClN4O.HI/c1-27-24(29-18-25(11-12-25)21-3-2-4-22(26)15-21)28-16-19-5-7-20(8-6-19)17-30-13-9-23(31)10-14-30;/h2-8,15,23,31H,9-14,16-18H2,1H3,(H2,27,28,29);1H. The number of guanidine groups is 1. The third kappa shape index (κ3) is 6.83. The summed E-state index contributed by atoms with van der Waals surface area (Å²) in [7, 11) is 1.81. The molecule has 1 aliphatic carbocycles. The van der Waals surface area contributed by atoms with E-state index in [1.54, 1.807) is 0 Å². The van der Waals surface area contributed by atoms with Gasteiger partial charge in [-0.2, -0.15) is 0 Å². The van der Waals surface area contributed by atoms with Gasteiger partial charge in [0.15, 0.2) is 5.96 Å². The number of aliphatic imine (C=N–C) groups is 1. The van der Waals surface area contributed by atoms with Crippen LogP contribution in [0, 0.1) is 0 Å². The molecule has 2 aliphatic rings. The lowest BCUT2D eigenvalue weighted by Crippen LogP contribution is -2.40. The molecular weight excluding hydrogens is 535 g/mol. The van der Waals surface area contributed by atoms with Crippen molar-refractivity contribution >= 4 is 41.5 Å². The number of nitrogens with one attached hydrogen (secondary N) is 2. The van der Waals surface area contributed by atoms with Crippen molar-refractivity contribution in [3.05, 3.63) is 70.2 Å². The average Bonchev–Trinajstić information content (AvgIpc) is 3.58. The quantitative estimate of drug-likeness (QED) is 0.265. The summed E-state index contributed by atoms with van der Waals surface area (Å²) in [6.45, 7) is 4.50. The van der Waals surface area contributed by atoms with Crippen LogP contribution in [0.3, 0.4) is 0 Å². The highest BCUT2D eigenvalue weighted by molar-refractivity contribution is 14.0. The van der Waals surface area contributed by atoms with E-state index in [-0.39, 0.29) is 35.5 Å². The fourth-order valence-corrected chi connectivity index (χ4v) is 4.48. The number of benzene rings is 2. The van der Waals surface area contributed by atoms with Gasteiger partial charge in [0, 0.05) is 50.2 Å². The van der Waals surface area contributed by atoms with Gasteiger partial charge >= 0.3 is 0 Å². The van der Waals surface area contributed by atoms with Crippen molar-refractivity contribution in [2.75, 3.05) is 26.7 Å². The van der Waals surface area contributed by atoms with E-state index in [0.29, 0.717) is 0 Å². The Morgan fingerprint density at radius 1 is 1.09 bits per heavy atom. The maximum Gasteiger partial charge on any atom is 0.191 e. The number of hydrogen-bond donors (Lipinski definition) is 3. The third-order valence-electron chi connectivity index (χ3n) is 6.55. The number of aliphatic hydroxyl groups is 1. The van der Waals surface area contributed by atoms with E-state index in [9.17, 15) is 5.11 Å². The van der Waals surface area contributed by atoms with Gasteiger partial charge < -0.3 is 15.7 Å². The number of nitrogens with zero attached hydrogens (tertiary/aromatic N) is 2. The fourth-order valence-electron chi connectivity index (χ4n) is 4.29. The van der Waals surface area contributed by atoms with E-state index in [4.69, 9.17) is 11.6 Å². The molecule has 32 heavy (non-hydrogen) atoms. The molecule has 3 N–H and O–H groups in total. The lowest BCUT2D eigenvalue weighted by molar-refractivity contribution is 0.0792. The molecule has 1 saturated heterocycles. The molecule has 2 aromatic carbocycles. The van der Waals surface area contributed by atoms with Crippen LogP contribution in [0.4, 0.5) is 0 Å². The highest BCUT2D eigenvalue weighted by Crippen LogP contribution is 2.48.